The molecule has 0 aromatic rings. The molecule has 0 nitrogen and oxygen atoms in total. The molecule has 0 atom stereocenters. The SMILES string of the molecule is CCC(C)(C)CC=S. The molecule has 0 saturated heterocycles. The molecule has 0 fully saturated rings. The lowest BCUT2D eigenvalue weighted by Gasteiger charge is -2.18. The quantitative estimate of drug-likeness (QED) is 0.529. The Morgan fingerprint density at radius 3 is 2.12 bits per heavy atom. The predicted molar refractivity (Wildman–Crippen MR) is 42.3 cm³/mol. The highest BCUT2D eigenvalue weighted by Crippen LogP contribution is 2.22. The summed E-state index contributed by atoms with van der Waals surface area (Å²) in [6.45, 7) is 6.66. The highest BCUT2D eigenvalue weighted by Gasteiger charge is 2.11. The zero-order valence-corrected chi connectivity index (χ0v) is 6.72. The van der Waals surface area contributed by atoms with Crippen molar-refractivity contribution >= 4 is 17.6 Å². The van der Waals surface area contributed by atoms with Gasteiger partial charge in [-0.2, -0.15) is 0 Å². The maximum atomic E-state index is 4.74. The highest BCUT2D eigenvalue weighted by molar-refractivity contribution is 7.78. The first kappa shape index (κ1) is 8.09. The fraction of sp³-hybridized carbons (Fsp3) is 0.857. The topological polar surface area (TPSA) is 0 Å². The summed E-state index contributed by atoms with van der Waals surface area (Å²) in [5.74, 6) is 0. The van der Waals surface area contributed by atoms with Crippen molar-refractivity contribution in [2.45, 2.75) is 33.6 Å². The summed E-state index contributed by atoms with van der Waals surface area (Å²) >= 11 is 4.74. The van der Waals surface area contributed by atoms with Gasteiger partial charge in [-0.1, -0.05) is 39.4 Å². The lowest BCUT2D eigenvalue weighted by atomic mass is 9.88. The number of hydrogen-bond donors (Lipinski definition) is 0. The molecule has 0 aromatic heterocycles. The van der Waals surface area contributed by atoms with Crippen LogP contribution in [0.4, 0.5) is 0 Å². The van der Waals surface area contributed by atoms with E-state index in [1.165, 1.54) is 6.42 Å². The summed E-state index contributed by atoms with van der Waals surface area (Å²) in [4.78, 5) is 0. The monoisotopic (exact) mass is 130 g/mol. The fourth-order valence-electron chi connectivity index (χ4n) is 0.370. The van der Waals surface area contributed by atoms with Gasteiger partial charge < -0.3 is 0 Å². The molecule has 0 N–H and O–H groups in total. The van der Waals surface area contributed by atoms with Crippen LogP contribution in [0.1, 0.15) is 33.6 Å². The van der Waals surface area contributed by atoms with E-state index in [-0.39, 0.29) is 0 Å². The maximum Gasteiger partial charge on any atom is -0.0194 e. The molecule has 0 unspecified atom stereocenters. The van der Waals surface area contributed by atoms with Gasteiger partial charge in [0, 0.05) is 0 Å². The molecule has 0 bridgehead atoms. The van der Waals surface area contributed by atoms with Crippen molar-refractivity contribution in [3.05, 3.63) is 0 Å². The molecule has 0 amide bonds. The Morgan fingerprint density at radius 2 is 2.00 bits per heavy atom. The average Bonchev–Trinajstić information content (AvgIpc) is 1.67. The third kappa shape index (κ3) is 3.14. The Kier molecular flexibility index (Phi) is 3.22. The molecule has 1 heteroatoms. The Labute approximate surface area is 57.3 Å². The van der Waals surface area contributed by atoms with E-state index in [9.17, 15) is 0 Å². The van der Waals surface area contributed by atoms with Crippen molar-refractivity contribution in [1.29, 1.82) is 0 Å². The number of hydrogen-bond acceptors (Lipinski definition) is 1. The molecule has 0 aliphatic heterocycles. The predicted octanol–water partition coefficient (Wildman–Crippen LogP) is 2.81. The molecule has 48 valence electrons. The molecule has 0 heterocycles. The zero-order valence-electron chi connectivity index (χ0n) is 5.90. The standard InChI is InChI=1S/C7H14S/c1-4-7(2,3)5-6-8/h6H,4-5H2,1-3H3. The maximum absolute atomic E-state index is 4.74. The summed E-state index contributed by atoms with van der Waals surface area (Å²) in [5, 5.41) is 1.82. The van der Waals surface area contributed by atoms with E-state index in [0.717, 1.165) is 6.42 Å². The van der Waals surface area contributed by atoms with E-state index in [4.69, 9.17) is 12.2 Å². The molecule has 0 spiro atoms. The van der Waals surface area contributed by atoms with Crippen LogP contribution < -0.4 is 0 Å². The van der Waals surface area contributed by atoms with E-state index in [2.05, 4.69) is 20.8 Å². The van der Waals surface area contributed by atoms with Crippen LogP contribution in [0, 0.1) is 5.41 Å². The van der Waals surface area contributed by atoms with Crippen molar-refractivity contribution in [1.82, 2.24) is 0 Å². The van der Waals surface area contributed by atoms with Crippen LogP contribution >= 0.6 is 12.2 Å². The second-order valence-electron chi connectivity index (χ2n) is 2.89. The molecular weight excluding hydrogens is 116 g/mol. The van der Waals surface area contributed by atoms with Crippen LogP contribution in [0.15, 0.2) is 0 Å². The van der Waals surface area contributed by atoms with Crippen molar-refractivity contribution in [3.8, 4) is 0 Å². The van der Waals surface area contributed by atoms with Crippen LogP contribution in [0.25, 0.3) is 0 Å². The van der Waals surface area contributed by atoms with Crippen molar-refractivity contribution < 1.29 is 0 Å². The number of rotatable bonds is 3. The van der Waals surface area contributed by atoms with Gasteiger partial charge in [0.1, 0.15) is 0 Å². The minimum Gasteiger partial charge on any atom is -0.0935 e. The molecule has 8 heavy (non-hydrogen) atoms. The smallest absolute Gasteiger partial charge is 0.0194 e. The zero-order chi connectivity index (χ0) is 6.62. The van der Waals surface area contributed by atoms with E-state index in [1.807, 2.05) is 5.37 Å². The molecule has 0 rings (SSSR count). The van der Waals surface area contributed by atoms with E-state index < -0.39 is 0 Å². The lowest BCUT2D eigenvalue weighted by molar-refractivity contribution is 0.372. The molecule has 0 aliphatic rings. The first-order valence-electron chi connectivity index (χ1n) is 3.06. The van der Waals surface area contributed by atoms with Crippen molar-refractivity contribution in [2.75, 3.05) is 0 Å². The van der Waals surface area contributed by atoms with E-state index in [1.54, 1.807) is 0 Å². The Morgan fingerprint density at radius 1 is 1.50 bits per heavy atom. The molecule has 0 aliphatic carbocycles. The number of thiocarbonyl (C=S) groups is 1. The van der Waals surface area contributed by atoms with Crippen LogP contribution in [0.3, 0.4) is 0 Å². The highest BCUT2D eigenvalue weighted by atomic mass is 32.1. The average molecular weight is 130 g/mol. The van der Waals surface area contributed by atoms with Gasteiger partial charge in [-0.25, -0.2) is 0 Å². The van der Waals surface area contributed by atoms with Gasteiger partial charge >= 0.3 is 0 Å². The van der Waals surface area contributed by atoms with Crippen LogP contribution in [-0.2, 0) is 0 Å². The fourth-order valence-corrected chi connectivity index (χ4v) is 0.821. The Bertz CT molecular complexity index is 74.5. The first-order chi connectivity index (χ1) is 3.62. The van der Waals surface area contributed by atoms with Crippen LogP contribution in [0.2, 0.25) is 0 Å². The second-order valence-corrected chi connectivity index (χ2v) is 3.22. The van der Waals surface area contributed by atoms with E-state index >= 15 is 0 Å². The normalized spacial score (nSPS) is 11.4. The third-order valence-electron chi connectivity index (χ3n) is 1.59. The van der Waals surface area contributed by atoms with Gasteiger partial charge in [0.25, 0.3) is 0 Å². The van der Waals surface area contributed by atoms with Crippen molar-refractivity contribution in [2.24, 2.45) is 5.41 Å². The third-order valence-corrected chi connectivity index (χ3v) is 1.76. The lowest BCUT2D eigenvalue weighted by Crippen LogP contribution is -2.08. The Balaban J connectivity index is 3.53. The van der Waals surface area contributed by atoms with Crippen LogP contribution in [-0.4, -0.2) is 5.37 Å². The van der Waals surface area contributed by atoms with Crippen molar-refractivity contribution in [3.63, 3.8) is 0 Å². The summed E-state index contributed by atoms with van der Waals surface area (Å²) in [7, 11) is 0. The van der Waals surface area contributed by atoms with Gasteiger partial charge in [0.15, 0.2) is 0 Å². The Hall–Kier alpha value is 0.0900. The first-order valence-corrected chi connectivity index (χ1v) is 3.53. The molecular formula is C7H14S. The molecule has 0 aromatic carbocycles. The van der Waals surface area contributed by atoms with Gasteiger partial charge in [-0.15, -0.1) is 0 Å². The summed E-state index contributed by atoms with van der Waals surface area (Å²) in [6, 6.07) is 0. The second kappa shape index (κ2) is 3.18. The summed E-state index contributed by atoms with van der Waals surface area (Å²) < 4.78 is 0. The minimum atomic E-state index is 0.432. The minimum absolute atomic E-state index is 0.432. The molecule has 0 saturated carbocycles. The largest absolute Gasteiger partial charge is 0.0935 e. The van der Waals surface area contributed by atoms with Gasteiger partial charge in [-0.3, -0.25) is 0 Å². The molecule has 0 radical (unpaired) electrons. The van der Waals surface area contributed by atoms with Crippen LogP contribution in [0.5, 0.6) is 0 Å². The van der Waals surface area contributed by atoms with E-state index in [0.29, 0.717) is 5.41 Å². The van der Waals surface area contributed by atoms with Gasteiger partial charge in [0.2, 0.25) is 0 Å². The summed E-state index contributed by atoms with van der Waals surface area (Å²) in [5.41, 5.74) is 0.432. The summed E-state index contributed by atoms with van der Waals surface area (Å²) in [6.07, 6.45) is 2.26. The van der Waals surface area contributed by atoms with Gasteiger partial charge in [-0.05, 0) is 17.2 Å². The van der Waals surface area contributed by atoms with Gasteiger partial charge in [0.05, 0.1) is 0 Å².